The molecule has 0 radical (unpaired) electrons. The van der Waals surface area contributed by atoms with Gasteiger partial charge in [-0.1, -0.05) is 52.0 Å². The van der Waals surface area contributed by atoms with E-state index in [1.807, 2.05) is 6.92 Å². The zero-order chi connectivity index (χ0) is 12.6. The SMILES string of the molecule is C[C@@H](c1ccc(C(C)(C)C)cc1)[Si](Cl)(Cl)Cl. The summed E-state index contributed by atoms with van der Waals surface area (Å²) in [6, 6.07) is 5.73. The lowest BCUT2D eigenvalue weighted by atomic mass is 9.86. The lowest BCUT2D eigenvalue weighted by Gasteiger charge is -2.22. The molecule has 0 saturated heterocycles. The Kier molecular flexibility index (Phi) is 4.39. The van der Waals surface area contributed by atoms with E-state index in [0.29, 0.717) is 0 Å². The van der Waals surface area contributed by atoms with E-state index in [4.69, 9.17) is 33.2 Å². The van der Waals surface area contributed by atoms with E-state index in [0.717, 1.165) is 5.56 Å². The van der Waals surface area contributed by atoms with Gasteiger partial charge in [-0.15, -0.1) is 33.2 Å². The number of benzene rings is 1. The molecular weight excluding hydrogens is 279 g/mol. The highest BCUT2D eigenvalue weighted by atomic mass is 35.8. The molecule has 0 nitrogen and oxygen atoms in total. The first-order valence-corrected chi connectivity index (χ1v) is 10.4. The van der Waals surface area contributed by atoms with Gasteiger partial charge in [0.05, 0.1) is 0 Å². The van der Waals surface area contributed by atoms with Gasteiger partial charge in [-0.05, 0) is 16.5 Å². The molecule has 4 heteroatoms. The molecule has 1 rings (SSSR count). The van der Waals surface area contributed by atoms with Gasteiger partial charge in [0.25, 0.3) is 0 Å². The van der Waals surface area contributed by atoms with Gasteiger partial charge in [0.15, 0.2) is 0 Å². The Bertz CT molecular complexity index is 346. The largest absolute Gasteiger partial charge is 0.348 e. The van der Waals surface area contributed by atoms with E-state index < -0.39 is 6.00 Å². The standard InChI is InChI=1S/C12H17Cl3Si/c1-9(16(13,14)15)10-5-7-11(8-6-10)12(2,3)4/h5-9H,1-4H3/t9-/m0/s1. The summed E-state index contributed by atoms with van der Waals surface area (Å²) in [4.78, 5) is 0. The highest BCUT2D eigenvalue weighted by Gasteiger charge is 2.34. The van der Waals surface area contributed by atoms with Crippen LogP contribution in [0.15, 0.2) is 24.3 Å². The van der Waals surface area contributed by atoms with Crippen molar-refractivity contribution in [2.75, 3.05) is 0 Å². The van der Waals surface area contributed by atoms with Crippen LogP contribution < -0.4 is 0 Å². The van der Waals surface area contributed by atoms with Crippen LogP contribution in [0.2, 0.25) is 0 Å². The number of halogens is 3. The summed E-state index contributed by atoms with van der Waals surface area (Å²) in [6.07, 6.45) is 0. The minimum atomic E-state index is -2.65. The van der Waals surface area contributed by atoms with Gasteiger partial charge in [-0.2, -0.15) is 0 Å². The molecular formula is C12H17Cl3Si. The van der Waals surface area contributed by atoms with Gasteiger partial charge < -0.3 is 0 Å². The summed E-state index contributed by atoms with van der Waals surface area (Å²) >= 11 is 18.1. The summed E-state index contributed by atoms with van der Waals surface area (Å²) < 4.78 is 0. The maximum atomic E-state index is 6.02. The second kappa shape index (κ2) is 4.89. The maximum absolute atomic E-state index is 6.02. The minimum absolute atomic E-state index is 0.0338. The zero-order valence-electron chi connectivity index (χ0n) is 10.0. The molecule has 1 atom stereocenters. The first-order valence-electron chi connectivity index (χ1n) is 5.29. The molecule has 0 heterocycles. The van der Waals surface area contributed by atoms with Gasteiger partial charge in [-0.25, -0.2) is 0 Å². The van der Waals surface area contributed by atoms with Crippen molar-refractivity contribution in [2.24, 2.45) is 0 Å². The van der Waals surface area contributed by atoms with Crippen LogP contribution in [-0.4, -0.2) is 6.00 Å². The van der Waals surface area contributed by atoms with Crippen LogP contribution in [0.3, 0.4) is 0 Å². The molecule has 0 bridgehead atoms. The van der Waals surface area contributed by atoms with E-state index in [-0.39, 0.29) is 11.0 Å². The van der Waals surface area contributed by atoms with Crippen molar-refractivity contribution < 1.29 is 0 Å². The van der Waals surface area contributed by atoms with Crippen molar-refractivity contribution in [1.82, 2.24) is 0 Å². The molecule has 0 aliphatic heterocycles. The Hall–Kier alpha value is 0.307. The minimum Gasteiger partial charge on any atom is -0.125 e. The lowest BCUT2D eigenvalue weighted by Crippen LogP contribution is -2.20. The number of hydrogen-bond donors (Lipinski definition) is 0. The first kappa shape index (κ1) is 14.4. The molecule has 0 unspecified atom stereocenters. The van der Waals surface area contributed by atoms with Crippen LogP contribution in [-0.2, 0) is 5.41 Å². The third-order valence-corrected chi connectivity index (χ3v) is 7.03. The van der Waals surface area contributed by atoms with Gasteiger partial charge in [0.1, 0.15) is 0 Å². The van der Waals surface area contributed by atoms with Crippen LogP contribution in [0.25, 0.3) is 0 Å². The molecule has 0 spiro atoms. The van der Waals surface area contributed by atoms with Gasteiger partial charge in [0, 0.05) is 5.54 Å². The summed E-state index contributed by atoms with van der Waals surface area (Å²) in [5.41, 5.74) is 2.61. The van der Waals surface area contributed by atoms with Crippen molar-refractivity contribution in [3.8, 4) is 0 Å². The Labute approximate surface area is 113 Å². The van der Waals surface area contributed by atoms with Crippen molar-refractivity contribution in [1.29, 1.82) is 0 Å². The zero-order valence-corrected chi connectivity index (χ0v) is 13.3. The molecule has 0 aliphatic carbocycles. The molecule has 0 aliphatic rings. The molecule has 0 amide bonds. The molecule has 16 heavy (non-hydrogen) atoms. The van der Waals surface area contributed by atoms with Gasteiger partial charge in [-0.3, -0.25) is 0 Å². The summed E-state index contributed by atoms with van der Waals surface area (Å²) in [5, 5.41) is 0. The lowest BCUT2D eigenvalue weighted by molar-refractivity contribution is 0.590. The van der Waals surface area contributed by atoms with E-state index in [1.165, 1.54) is 5.56 Å². The van der Waals surface area contributed by atoms with Gasteiger partial charge >= 0.3 is 6.00 Å². The fourth-order valence-electron chi connectivity index (χ4n) is 1.46. The second-order valence-corrected chi connectivity index (χ2v) is 14.2. The van der Waals surface area contributed by atoms with Crippen molar-refractivity contribution in [3.05, 3.63) is 35.4 Å². The Morgan fingerprint density at radius 1 is 1.00 bits per heavy atom. The van der Waals surface area contributed by atoms with E-state index in [2.05, 4.69) is 45.0 Å². The van der Waals surface area contributed by atoms with Crippen molar-refractivity contribution >= 4 is 39.2 Å². The fourth-order valence-corrected chi connectivity index (χ4v) is 3.17. The summed E-state index contributed by atoms with van der Waals surface area (Å²) in [5.74, 6) is 0. The maximum Gasteiger partial charge on any atom is 0.348 e. The molecule has 1 aromatic rings. The van der Waals surface area contributed by atoms with Crippen LogP contribution in [0, 0.1) is 0 Å². The average molecular weight is 296 g/mol. The molecule has 1 aromatic carbocycles. The number of hydrogen-bond acceptors (Lipinski definition) is 0. The average Bonchev–Trinajstić information content (AvgIpc) is 2.14. The smallest absolute Gasteiger partial charge is 0.125 e. The van der Waals surface area contributed by atoms with Gasteiger partial charge in [0.2, 0.25) is 0 Å². The highest BCUT2D eigenvalue weighted by Crippen LogP contribution is 2.36. The van der Waals surface area contributed by atoms with E-state index >= 15 is 0 Å². The predicted octanol–water partition coefficient (Wildman–Crippen LogP) is 5.28. The molecule has 0 saturated carbocycles. The summed E-state index contributed by atoms with van der Waals surface area (Å²) in [7, 11) is 0. The van der Waals surface area contributed by atoms with Crippen LogP contribution in [0.1, 0.15) is 44.4 Å². The van der Waals surface area contributed by atoms with Crippen molar-refractivity contribution in [3.63, 3.8) is 0 Å². The Morgan fingerprint density at radius 3 is 1.75 bits per heavy atom. The Morgan fingerprint density at radius 2 is 1.44 bits per heavy atom. The fraction of sp³-hybridized carbons (Fsp3) is 0.500. The van der Waals surface area contributed by atoms with Crippen LogP contribution in [0.4, 0.5) is 0 Å². The normalized spacial score (nSPS) is 14.9. The topological polar surface area (TPSA) is 0 Å². The van der Waals surface area contributed by atoms with Crippen LogP contribution >= 0.6 is 33.2 Å². The van der Waals surface area contributed by atoms with E-state index in [1.54, 1.807) is 0 Å². The Balaban J connectivity index is 2.96. The predicted molar refractivity (Wildman–Crippen MR) is 76.9 cm³/mol. The molecule has 0 N–H and O–H groups in total. The van der Waals surface area contributed by atoms with E-state index in [9.17, 15) is 0 Å². The number of rotatable bonds is 2. The van der Waals surface area contributed by atoms with Crippen LogP contribution in [0.5, 0.6) is 0 Å². The molecule has 0 aromatic heterocycles. The first-order chi connectivity index (χ1) is 7.12. The summed E-state index contributed by atoms with van der Waals surface area (Å²) in [6.45, 7) is 8.55. The van der Waals surface area contributed by atoms with Crippen molar-refractivity contribution in [2.45, 2.75) is 38.7 Å². The third kappa shape index (κ3) is 3.66. The quantitative estimate of drug-likeness (QED) is 0.514. The second-order valence-electron chi connectivity index (χ2n) is 5.14. The molecule has 0 fully saturated rings. The highest BCUT2D eigenvalue weighted by molar-refractivity contribution is 7.65. The monoisotopic (exact) mass is 294 g/mol. The third-order valence-electron chi connectivity index (χ3n) is 2.77. The molecule has 90 valence electrons.